The molecule has 0 bridgehead atoms. The fraction of sp³-hybridized carbons (Fsp3) is 0.0217. The van der Waals surface area contributed by atoms with Crippen molar-refractivity contribution in [3.63, 3.8) is 0 Å². The van der Waals surface area contributed by atoms with Crippen LogP contribution in [-0.4, -0.2) is 6.04 Å². The number of nitrogens with one attached hydrogen (secondary N) is 1. The zero-order chi connectivity index (χ0) is 32.5. The molecule has 3 nitrogen and oxygen atoms in total. The van der Waals surface area contributed by atoms with E-state index in [1.54, 1.807) is 0 Å². The minimum atomic E-state index is 0.141. The molecular formula is C46H28N2O. The van der Waals surface area contributed by atoms with Crippen LogP contribution in [0.3, 0.4) is 0 Å². The van der Waals surface area contributed by atoms with Gasteiger partial charge in [-0.05, 0) is 108 Å². The van der Waals surface area contributed by atoms with E-state index in [0.29, 0.717) is 5.56 Å². The first-order chi connectivity index (χ1) is 24.2. The van der Waals surface area contributed by atoms with Crippen molar-refractivity contribution in [2.45, 2.75) is 6.04 Å². The minimum Gasteiger partial charge on any atom is -0.457 e. The van der Waals surface area contributed by atoms with Gasteiger partial charge in [-0.25, -0.2) is 0 Å². The number of ether oxygens (including phenoxy) is 1. The summed E-state index contributed by atoms with van der Waals surface area (Å²) in [4.78, 5) is 0. The van der Waals surface area contributed by atoms with Crippen LogP contribution in [-0.2, 0) is 0 Å². The molecule has 3 heteroatoms. The molecule has 8 aromatic rings. The van der Waals surface area contributed by atoms with Gasteiger partial charge in [-0.3, -0.25) is 0 Å². The topological polar surface area (TPSA) is 45.0 Å². The van der Waals surface area contributed by atoms with Gasteiger partial charge in [0.25, 0.3) is 0 Å². The second-order valence-electron chi connectivity index (χ2n) is 12.8. The van der Waals surface area contributed by atoms with Crippen LogP contribution in [0.15, 0.2) is 163 Å². The number of para-hydroxylation sites is 2. The lowest BCUT2D eigenvalue weighted by atomic mass is 9.88. The van der Waals surface area contributed by atoms with Crippen LogP contribution in [0.4, 0.5) is 5.69 Å². The highest BCUT2D eigenvalue weighted by atomic mass is 16.5. The minimum absolute atomic E-state index is 0.141. The summed E-state index contributed by atoms with van der Waals surface area (Å²) in [5.41, 5.74) is 10.7. The number of nitrogens with zero attached hydrogens (tertiary/aromatic N) is 1. The van der Waals surface area contributed by atoms with Crippen LogP contribution in [0, 0.1) is 11.3 Å². The zero-order valence-corrected chi connectivity index (χ0v) is 26.4. The molecule has 1 N–H and O–H groups in total. The van der Waals surface area contributed by atoms with Crippen molar-refractivity contribution >= 4 is 43.6 Å². The SMILES string of the molecule is N#Cc1cc(-c2ccc(-c3ccc(C4=C5Oc6ccccc6N[C@H]54)cc3)c3ccccc23)cc(-c2cc3ccccc3c3ccccc23)c1. The van der Waals surface area contributed by atoms with Crippen LogP contribution in [0.25, 0.3) is 71.3 Å². The van der Waals surface area contributed by atoms with E-state index >= 15 is 0 Å². The molecule has 49 heavy (non-hydrogen) atoms. The lowest BCUT2D eigenvalue weighted by Crippen LogP contribution is -2.14. The first-order valence-electron chi connectivity index (χ1n) is 16.6. The van der Waals surface area contributed by atoms with Crippen molar-refractivity contribution in [3.05, 3.63) is 175 Å². The van der Waals surface area contributed by atoms with E-state index in [1.807, 2.05) is 30.3 Å². The van der Waals surface area contributed by atoms with Gasteiger partial charge in [0.15, 0.2) is 0 Å². The number of fused-ring (bicyclic) bond motifs is 6. The lowest BCUT2D eigenvalue weighted by Gasteiger charge is -2.17. The second kappa shape index (κ2) is 10.7. The average Bonchev–Trinajstić information content (AvgIpc) is 3.88. The van der Waals surface area contributed by atoms with Gasteiger partial charge in [0.05, 0.1) is 17.3 Å². The molecule has 0 fully saturated rings. The number of anilines is 1. The predicted octanol–water partition coefficient (Wildman–Crippen LogP) is 11.6. The molecule has 1 aliphatic heterocycles. The maximum Gasteiger partial charge on any atom is 0.150 e. The summed E-state index contributed by atoms with van der Waals surface area (Å²) in [6, 6.07) is 58.1. The summed E-state index contributed by atoms with van der Waals surface area (Å²) in [6.45, 7) is 0. The molecule has 1 aliphatic carbocycles. The summed E-state index contributed by atoms with van der Waals surface area (Å²) in [7, 11) is 0. The van der Waals surface area contributed by atoms with E-state index < -0.39 is 0 Å². The molecule has 10 rings (SSSR count). The molecule has 0 unspecified atom stereocenters. The van der Waals surface area contributed by atoms with E-state index in [0.717, 1.165) is 50.4 Å². The Labute approximate surface area is 284 Å². The Morgan fingerprint density at radius 3 is 1.80 bits per heavy atom. The summed E-state index contributed by atoms with van der Waals surface area (Å²) in [5.74, 6) is 1.89. The van der Waals surface area contributed by atoms with Gasteiger partial charge in [0.1, 0.15) is 17.6 Å². The van der Waals surface area contributed by atoms with Crippen molar-refractivity contribution in [1.82, 2.24) is 0 Å². The molecular weight excluding hydrogens is 597 g/mol. The van der Waals surface area contributed by atoms with E-state index in [2.05, 4.69) is 139 Å². The van der Waals surface area contributed by atoms with Gasteiger partial charge in [-0.15, -0.1) is 0 Å². The third-order valence-corrected chi connectivity index (χ3v) is 10.0. The van der Waals surface area contributed by atoms with Gasteiger partial charge in [-0.1, -0.05) is 121 Å². The van der Waals surface area contributed by atoms with Crippen molar-refractivity contribution in [1.29, 1.82) is 5.26 Å². The maximum atomic E-state index is 10.2. The fourth-order valence-electron chi connectivity index (χ4n) is 7.64. The van der Waals surface area contributed by atoms with Crippen molar-refractivity contribution < 1.29 is 4.74 Å². The van der Waals surface area contributed by atoms with Crippen molar-refractivity contribution in [2.24, 2.45) is 0 Å². The zero-order valence-electron chi connectivity index (χ0n) is 26.4. The third-order valence-electron chi connectivity index (χ3n) is 10.0. The highest BCUT2D eigenvalue weighted by Gasteiger charge is 2.43. The Balaban J connectivity index is 1.05. The van der Waals surface area contributed by atoms with Crippen LogP contribution in [0.2, 0.25) is 0 Å². The summed E-state index contributed by atoms with van der Waals surface area (Å²) in [6.07, 6.45) is 0. The molecule has 0 aromatic heterocycles. The van der Waals surface area contributed by atoms with E-state index in [-0.39, 0.29) is 6.04 Å². The molecule has 8 aromatic carbocycles. The third kappa shape index (κ3) is 4.43. The second-order valence-corrected chi connectivity index (χ2v) is 12.8. The number of hydrogen-bond acceptors (Lipinski definition) is 3. The molecule has 0 saturated carbocycles. The van der Waals surface area contributed by atoms with Crippen LogP contribution in [0.1, 0.15) is 11.1 Å². The summed E-state index contributed by atoms with van der Waals surface area (Å²) < 4.78 is 6.19. The molecule has 0 amide bonds. The standard InChI is InChI=1S/C46H28N2O/c47-27-28-23-32(25-33(24-28)41-26-31-9-1-2-10-34(31)37-11-5-6-14-40(37)41)36-22-21-35(38-12-3-4-13-39(36)38)29-17-19-30(20-18-29)44-45-46(44)49-43-16-8-7-15-42(43)48-45/h1-26,45,48H/t45-/m0/s1. The van der Waals surface area contributed by atoms with Crippen LogP contribution < -0.4 is 10.1 Å². The van der Waals surface area contributed by atoms with Gasteiger partial charge in [-0.2, -0.15) is 5.26 Å². The summed E-state index contributed by atoms with van der Waals surface area (Å²) in [5, 5.41) is 20.9. The van der Waals surface area contributed by atoms with E-state index in [9.17, 15) is 5.26 Å². The lowest BCUT2D eigenvalue weighted by molar-refractivity contribution is 0.433. The van der Waals surface area contributed by atoms with Crippen molar-refractivity contribution in [2.75, 3.05) is 5.32 Å². The Hall–Kier alpha value is -6.63. The Morgan fingerprint density at radius 1 is 0.490 bits per heavy atom. The van der Waals surface area contributed by atoms with Gasteiger partial charge in [0.2, 0.25) is 0 Å². The maximum absolute atomic E-state index is 10.2. The number of hydrogen-bond donors (Lipinski definition) is 1. The van der Waals surface area contributed by atoms with E-state index in [1.165, 1.54) is 43.6 Å². The largest absolute Gasteiger partial charge is 0.457 e. The monoisotopic (exact) mass is 624 g/mol. The molecule has 1 heterocycles. The highest BCUT2D eigenvalue weighted by molar-refractivity contribution is 6.14. The molecule has 0 spiro atoms. The van der Waals surface area contributed by atoms with Gasteiger partial charge >= 0.3 is 0 Å². The smallest absolute Gasteiger partial charge is 0.150 e. The Morgan fingerprint density at radius 2 is 1.06 bits per heavy atom. The van der Waals surface area contributed by atoms with Crippen LogP contribution >= 0.6 is 0 Å². The molecule has 0 saturated heterocycles. The first kappa shape index (κ1) is 27.5. The molecule has 228 valence electrons. The average molecular weight is 625 g/mol. The fourth-order valence-corrected chi connectivity index (χ4v) is 7.64. The highest BCUT2D eigenvalue weighted by Crippen LogP contribution is 2.49. The predicted molar refractivity (Wildman–Crippen MR) is 201 cm³/mol. The quantitative estimate of drug-likeness (QED) is 0.198. The van der Waals surface area contributed by atoms with E-state index in [4.69, 9.17) is 4.74 Å². The van der Waals surface area contributed by atoms with Gasteiger partial charge < -0.3 is 10.1 Å². The number of benzene rings is 8. The Kier molecular flexibility index (Phi) is 6.00. The van der Waals surface area contributed by atoms with Gasteiger partial charge in [0, 0.05) is 5.57 Å². The molecule has 2 aliphatic rings. The Bertz CT molecular complexity index is 2730. The number of rotatable bonds is 4. The first-order valence-corrected chi connectivity index (χ1v) is 16.6. The molecule has 1 atom stereocenters. The molecule has 0 radical (unpaired) electrons. The normalized spacial score (nSPS) is 14.6. The summed E-state index contributed by atoms with van der Waals surface area (Å²) >= 11 is 0. The van der Waals surface area contributed by atoms with Crippen LogP contribution in [0.5, 0.6) is 5.75 Å². The van der Waals surface area contributed by atoms with Crippen molar-refractivity contribution in [3.8, 4) is 45.2 Å². The number of nitriles is 1.